The van der Waals surface area contributed by atoms with E-state index in [-0.39, 0.29) is 23.3 Å². The monoisotopic (exact) mass is 436 g/mol. The van der Waals surface area contributed by atoms with Crippen molar-refractivity contribution in [2.75, 3.05) is 43.4 Å². The Balaban J connectivity index is 1.80. The number of thioether (sulfide) groups is 1. The van der Waals surface area contributed by atoms with Crippen LogP contribution in [0.15, 0.2) is 23.2 Å². The number of halogens is 2. The SMILES string of the molecule is CONc1ccc(F)c([C@]23CN(c4nc(C)c(F)c(OC)n4)CC2CSC(N)=N3)c1. The topological polar surface area (TPSA) is 97.9 Å². The molecule has 3 N–H and O–H groups in total. The molecular weight excluding hydrogens is 414 g/mol. The van der Waals surface area contributed by atoms with Crippen molar-refractivity contribution in [1.82, 2.24) is 9.97 Å². The summed E-state index contributed by atoms with van der Waals surface area (Å²) in [6.45, 7) is 2.35. The highest BCUT2D eigenvalue weighted by Crippen LogP contribution is 2.47. The minimum Gasteiger partial charge on any atom is -0.479 e. The highest BCUT2D eigenvalue weighted by Gasteiger charge is 2.52. The summed E-state index contributed by atoms with van der Waals surface area (Å²) >= 11 is 1.43. The number of benzene rings is 1. The second-order valence-corrected chi connectivity index (χ2v) is 8.24. The molecule has 2 aliphatic heterocycles. The molecule has 0 radical (unpaired) electrons. The van der Waals surface area contributed by atoms with E-state index in [0.29, 0.717) is 41.2 Å². The molecule has 1 saturated heterocycles. The van der Waals surface area contributed by atoms with Crippen LogP contribution in [0.3, 0.4) is 0 Å². The summed E-state index contributed by atoms with van der Waals surface area (Å²) < 4.78 is 34.2. The summed E-state index contributed by atoms with van der Waals surface area (Å²) in [5.41, 5.74) is 9.05. The molecule has 2 aromatic rings. The van der Waals surface area contributed by atoms with E-state index < -0.39 is 11.4 Å². The Kier molecular flexibility index (Phi) is 5.41. The fourth-order valence-electron chi connectivity index (χ4n) is 3.99. The number of hydrogen-bond acceptors (Lipinski definition) is 9. The van der Waals surface area contributed by atoms with Gasteiger partial charge in [-0.1, -0.05) is 11.8 Å². The lowest BCUT2D eigenvalue weighted by Crippen LogP contribution is -2.40. The third kappa shape index (κ3) is 3.41. The second-order valence-electron chi connectivity index (χ2n) is 7.20. The molecule has 2 atom stereocenters. The molecule has 30 heavy (non-hydrogen) atoms. The lowest BCUT2D eigenvalue weighted by atomic mass is 9.81. The molecule has 0 amide bonds. The lowest BCUT2D eigenvalue weighted by molar-refractivity contribution is 0.270. The van der Waals surface area contributed by atoms with Crippen molar-refractivity contribution in [3.63, 3.8) is 0 Å². The Morgan fingerprint density at radius 3 is 2.83 bits per heavy atom. The first-order valence-electron chi connectivity index (χ1n) is 9.28. The van der Waals surface area contributed by atoms with Crippen molar-refractivity contribution < 1.29 is 18.4 Å². The number of nitrogens with zero attached hydrogens (tertiary/aromatic N) is 4. The summed E-state index contributed by atoms with van der Waals surface area (Å²) in [7, 11) is 2.83. The minimum atomic E-state index is -0.927. The number of aliphatic imine (C=N–C) groups is 1. The van der Waals surface area contributed by atoms with Gasteiger partial charge in [0.15, 0.2) is 5.17 Å². The molecule has 160 valence electrons. The van der Waals surface area contributed by atoms with Crippen molar-refractivity contribution in [3.05, 3.63) is 41.1 Å². The standard InChI is InChI=1S/C19H22F2N6O2S/c1-10-15(21)16(28-2)24-18(23-10)27-7-11-8-30-17(22)25-19(11,9-27)13-6-12(26-29-3)4-5-14(13)20/h4-6,11,26H,7-9H2,1-3H3,(H2,22,25)/t11?,19-/m0/s1. The quantitative estimate of drug-likeness (QED) is 0.690. The van der Waals surface area contributed by atoms with Crippen LogP contribution in [-0.4, -0.2) is 48.2 Å². The third-order valence-electron chi connectivity index (χ3n) is 5.39. The zero-order valence-electron chi connectivity index (χ0n) is 16.8. The number of aryl methyl sites for hydroxylation is 1. The van der Waals surface area contributed by atoms with Gasteiger partial charge in [0.1, 0.15) is 11.4 Å². The zero-order chi connectivity index (χ0) is 21.5. The van der Waals surface area contributed by atoms with E-state index in [1.165, 1.54) is 32.0 Å². The maximum Gasteiger partial charge on any atom is 0.255 e. The molecule has 0 aliphatic carbocycles. The first kappa shape index (κ1) is 20.6. The number of ether oxygens (including phenoxy) is 1. The van der Waals surface area contributed by atoms with Crippen LogP contribution in [0, 0.1) is 24.5 Å². The van der Waals surface area contributed by atoms with E-state index in [1.54, 1.807) is 19.1 Å². The molecule has 11 heteroatoms. The molecule has 4 rings (SSSR count). The maximum absolute atomic E-state index is 15.0. The molecule has 1 aromatic heterocycles. The third-order valence-corrected chi connectivity index (χ3v) is 6.35. The Morgan fingerprint density at radius 1 is 1.30 bits per heavy atom. The molecule has 3 heterocycles. The van der Waals surface area contributed by atoms with E-state index in [4.69, 9.17) is 20.3 Å². The molecule has 0 spiro atoms. The van der Waals surface area contributed by atoms with Crippen LogP contribution in [-0.2, 0) is 10.4 Å². The van der Waals surface area contributed by atoms with Gasteiger partial charge in [-0.15, -0.1) is 0 Å². The average molecular weight is 436 g/mol. The molecule has 8 nitrogen and oxygen atoms in total. The number of aromatic nitrogens is 2. The summed E-state index contributed by atoms with van der Waals surface area (Å²) in [6.07, 6.45) is 0. The summed E-state index contributed by atoms with van der Waals surface area (Å²) in [6, 6.07) is 4.64. The van der Waals surface area contributed by atoms with Crippen LogP contribution in [0.25, 0.3) is 0 Å². The van der Waals surface area contributed by atoms with Gasteiger partial charge in [0, 0.05) is 23.8 Å². The highest BCUT2D eigenvalue weighted by molar-refractivity contribution is 8.13. The fraction of sp³-hybridized carbons (Fsp3) is 0.421. The zero-order valence-corrected chi connectivity index (χ0v) is 17.6. The van der Waals surface area contributed by atoms with E-state index in [0.717, 1.165) is 0 Å². The van der Waals surface area contributed by atoms with Crippen molar-refractivity contribution in [2.24, 2.45) is 16.6 Å². The smallest absolute Gasteiger partial charge is 0.255 e. The Bertz CT molecular complexity index is 1010. The number of nitrogens with two attached hydrogens (primary N) is 1. The first-order valence-corrected chi connectivity index (χ1v) is 10.3. The van der Waals surface area contributed by atoms with Crippen LogP contribution in [0.4, 0.5) is 20.4 Å². The lowest BCUT2D eigenvalue weighted by Gasteiger charge is -2.35. The number of fused-ring (bicyclic) bond motifs is 1. The van der Waals surface area contributed by atoms with Gasteiger partial charge in [-0.2, -0.15) is 9.37 Å². The fourth-order valence-corrected chi connectivity index (χ4v) is 4.97. The number of anilines is 2. The molecule has 0 bridgehead atoms. The van der Waals surface area contributed by atoms with Crippen molar-refractivity contribution in [3.8, 4) is 5.88 Å². The molecule has 1 unspecified atom stereocenters. The summed E-state index contributed by atoms with van der Waals surface area (Å²) in [5.74, 6) is -0.205. The van der Waals surface area contributed by atoms with Crippen LogP contribution in [0.5, 0.6) is 5.88 Å². The Morgan fingerprint density at radius 2 is 2.10 bits per heavy atom. The maximum atomic E-state index is 15.0. The Labute approximate surface area is 176 Å². The largest absolute Gasteiger partial charge is 0.479 e. The molecule has 2 aliphatic rings. The van der Waals surface area contributed by atoms with Gasteiger partial charge in [0.05, 0.1) is 32.1 Å². The minimum absolute atomic E-state index is 0.0537. The van der Waals surface area contributed by atoms with Crippen molar-refractivity contribution >= 4 is 28.6 Å². The van der Waals surface area contributed by atoms with Gasteiger partial charge in [-0.05, 0) is 25.1 Å². The number of nitrogens with one attached hydrogen (secondary N) is 1. The number of amidine groups is 1. The van der Waals surface area contributed by atoms with Gasteiger partial charge in [-0.3, -0.25) is 10.3 Å². The normalized spacial score (nSPS) is 23.2. The van der Waals surface area contributed by atoms with Gasteiger partial charge >= 0.3 is 0 Å². The van der Waals surface area contributed by atoms with Crippen LogP contribution >= 0.6 is 11.8 Å². The number of rotatable bonds is 5. The predicted molar refractivity (Wildman–Crippen MR) is 112 cm³/mol. The van der Waals surface area contributed by atoms with Crippen LogP contribution in [0.2, 0.25) is 0 Å². The van der Waals surface area contributed by atoms with Crippen LogP contribution < -0.4 is 20.9 Å². The first-order chi connectivity index (χ1) is 14.4. The second kappa shape index (κ2) is 7.88. The van der Waals surface area contributed by atoms with Gasteiger partial charge in [-0.25, -0.2) is 14.4 Å². The molecule has 1 aromatic carbocycles. The molecule has 1 fully saturated rings. The van der Waals surface area contributed by atoms with E-state index in [1.807, 2.05) is 4.90 Å². The number of methoxy groups -OCH3 is 1. The van der Waals surface area contributed by atoms with Gasteiger partial charge < -0.3 is 15.4 Å². The predicted octanol–water partition coefficient (Wildman–Crippen LogP) is 2.44. The van der Waals surface area contributed by atoms with Crippen molar-refractivity contribution in [2.45, 2.75) is 12.5 Å². The van der Waals surface area contributed by atoms with Gasteiger partial charge in [0.25, 0.3) is 5.88 Å². The van der Waals surface area contributed by atoms with E-state index >= 15 is 4.39 Å². The summed E-state index contributed by atoms with van der Waals surface area (Å²) in [4.78, 5) is 20.0. The average Bonchev–Trinajstić information content (AvgIpc) is 3.11. The summed E-state index contributed by atoms with van der Waals surface area (Å²) in [5, 5.41) is 0.395. The highest BCUT2D eigenvalue weighted by atomic mass is 32.2. The van der Waals surface area contributed by atoms with Crippen molar-refractivity contribution in [1.29, 1.82) is 0 Å². The van der Waals surface area contributed by atoms with E-state index in [9.17, 15) is 4.39 Å². The molecular formula is C19H22F2N6O2S. The van der Waals surface area contributed by atoms with E-state index in [2.05, 4.69) is 15.4 Å². The van der Waals surface area contributed by atoms with Crippen LogP contribution in [0.1, 0.15) is 11.3 Å². The Hall–Kier alpha value is -2.66. The van der Waals surface area contributed by atoms with Gasteiger partial charge in [0.2, 0.25) is 11.8 Å². The number of hydrogen-bond donors (Lipinski definition) is 2. The molecule has 0 saturated carbocycles.